The van der Waals surface area contributed by atoms with Gasteiger partial charge in [-0.25, -0.2) is 4.79 Å². The van der Waals surface area contributed by atoms with Crippen molar-refractivity contribution < 1.29 is 9.90 Å². The van der Waals surface area contributed by atoms with Crippen LogP contribution in [0.3, 0.4) is 0 Å². The third kappa shape index (κ3) is 3.97. The van der Waals surface area contributed by atoms with Crippen molar-refractivity contribution in [3.05, 3.63) is 106 Å². The topological polar surface area (TPSA) is 54.3 Å². The van der Waals surface area contributed by atoms with Crippen LogP contribution in [0.4, 0.5) is 0 Å². The van der Waals surface area contributed by atoms with Crippen molar-refractivity contribution in [2.45, 2.75) is 26.6 Å². The molecule has 0 fully saturated rings. The van der Waals surface area contributed by atoms with Gasteiger partial charge in [0.2, 0.25) is 0 Å². The molecule has 0 aliphatic rings. The van der Waals surface area contributed by atoms with Crippen molar-refractivity contribution in [3.63, 3.8) is 0 Å². The number of para-hydroxylation sites is 1. The van der Waals surface area contributed by atoms with E-state index in [2.05, 4.69) is 5.32 Å². The van der Waals surface area contributed by atoms with Crippen molar-refractivity contribution in [1.82, 2.24) is 9.88 Å². The van der Waals surface area contributed by atoms with E-state index in [1.807, 2.05) is 84.3 Å². The lowest BCUT2D eigenvalue weighted by molar-refractivity contribution is 0.0684. The predicted octanol–water partition coefficient (Wildman–Crippen LogP) is 5.64. The molecule has 0 amide bonds. The van der Waals surface area contributed by atoms with E-state index in [1.54, 1.807) is 0 Å². The summed E-state index contributed by atoms with van der Waals surface area (Å²) < 4.78 is 1.91. The first kappa shape index (κ1) is 20.2. The summed E-state index contributed by atoms with van der Waals surface area (Å²) in [5.41, 5.74) is 5.28. The van der Waals surface area contributed by atoms with Crippen LogP contribution < -0.4 is 5.32 Å². The highest BCUT2D eigenvalue weighted by atomic mass is 35.5. The lowest BCUT2D eigenvalue weighted by Crippen LogP contribution is -2.17. The Kier molecular flexibility index (Phi) is 5.88. The van der Waals surface area contributed by atoms with Gasteiger partial charge in [0.15, 0.2) is 0 Å². The van der Waals surface area contributed by atoms with Crippen molar-refractivity contribution >= 4 is 28.5 Å². The highest BCUT2D eigenvalue weighted by molar-refractivity contribution is 6.31. The summed E-state index contributed by atoms with van der Waals surface area (Å²) in [5, 5.41) is 15.1. The average molecular weight is 419 g/mol. The fraction of sp³-hybridized carbons (Fsp3) is 0.160. The average Bonchev–Trinajstić information content (AvgIpc) is 3.05. The molecule has 0 spiro atoms. The molecule has 0 aliphatic carbocycles. The fourth-order valence-electron chi connectivity index (χ4n) is 3.88. The number of halogens is 1. The highest BCUT2D eigenvalue weighted by Crippen LogP contribution is 2.28. The first-order valence-corrected chi connectivity index (χ1v) is 10.3. The molecule has 30 heavy (non-hydrogen) atoms. The summed E-state index contributed by atoms with van der Waals surface area (Å²) in [5.74, 6) is -0.922. The number of hydrogen-bond donors (Lipinski definition) is 2. The number of aromatic nitrogens is 1. The summed E-state index contributed by atoms with van der Waals surface area (Å²) in [7, 11) is 0. The van der Waals surface area contributed by atoms with E-state index in [9.17, 15) is 9.90 Å². The summed E-state index contributed by atoms with van der Waals surface area (Å²) in [6.45, 7) is 3.57. The van der Waals surface area contributed by atoms with Gasteiger partial charge >= 0.3 is 5.97 Å². The van der Waals surface area contributed by atoms with Crippen LogP contribution in [0, 0.1) is 6.92 Å². The predicted molar refractivity (Wildman–Crippen MR) is 121 cm³/mol. The van der Waals surface area contributed by atoms with Crippen molar-refractivity contribution in [1.29, 1.82) is 0 Å². The van der Waals surface area contributed by atoms with E-state index >= 15 is 0 Å². The number of carboxylic acid groups (broad SMARTS) is 1. The molecule has 1 heterocycles. The maximum absolute atomic E-state index is 12.3. The lowest BCUT2D eigenvalue weighted by Gasteiger charge is -2.12. The Balaban J connectivity index is 1.72. The Labute approximate surface area is 180 Å². The number of nitrogens with one attached hydrogen (secondary N) is 1. The monoisotopic (exact) mass is 418 g/mol. The first-order chi connectivity index (χ1) is 14.6. The summed E-state index contributed by atoms with van der Waals surface area (Å²) in [6, 6.07) is 23.6. The molecule has 152 valence electrons. The largest absolute Gasteiger partial charge is 0.477 e. The molecule has 3 aromatic carbocycles. The molecule has 0 saturated heterocycles. The van der Waals surface area contributed by atoms with Gasteiger partial charge in [0.1, 0.15) is 5.69 Å². The zero-order valence-electron chi connectivity index (χ0n) is 16.7. The van der Waals surface area contributed by atoms with Crippen LogP contribution in [-0.2, 0) is 19.6 Å². The van der Waals surface area contributed by atoms with Gasteiger partial charge in [0, 0.05) is 41.1 Å². The maximum atomic E-state index is 12.3. The summed E-state index contributed by atoms with van der Waals surface area (Å²) in [6.07, 6.45) is 0. The number of nitrogens with zero attached hydrogens (tertiary/aromatic N) is 1. The Morgan fingerprint density at radius 1 is 0.933 bits per heavy atom. The number of benzene rings is 3. The molecule has 4 rings (SSSR count). The van der Waals surface area contributed by atoms with Gasteiger partial charge in [-0.2, -0.15) is 0 Å². The van der Waals surface area contributed by atoms with Gasteiger partial charge in [0.05, 0.1) is 0 Å². The number of hydrogen-bond acceptors (Lipinski definition) is 2. The number of carboxylic acids is 1. The van der Waals surface area contributed by atoms with E-state index in [0.29, 0.717) is 30.4 Å². The van der Waals surface area contributed by atoms with E-state index in [-0.39, 0.29) is 0 Å². The second kappa shape index (κ2) is 8.74. The van der Waals surface area contributed by atoms with Crippen molar-refractivity contribution in [2.75, 3.05) is 0 Å². The fourth-order valence-corrected chi connectivity index (χ4v) is 4.09. The normalized spacial score (nSPS) is 11.1. The molecule has 4 aromatic rings. The van der Waals surface area contributed by atoms with Crippen molar-refractivity contribution in [2.24, 2.45) is 0 Å². The number of rotatable bonds is 7. The van der Waals surface area contributed by atoms with E-state index < -0.39 is 5.97 Å². The minimum Gasteiger partial charge on any atom is -0.477 e. The molecule has 0 unspecified atom stereocenters. The second-order valence-corrected chi connectivity index (χ2v) is 7.76. The third-order valence-corrected chi connectivity index (χ3v) is 5.81. The number of carbonyl (C=O) groups is 1. The van der Waals surface area contributed by atoms with Crippen LogP contribution >= 0.6 is 11.6 Å². The smallest absolute Gasteiger partial charge is 0.352 e. The molecular weight excluding hydrogens is 396 g/mol. The van der Waals surface area contributed by atoms with Crippen LogP contribution in [0.2, 0.25) is 5.02 Å². The van der Waals surface area contributed by atoms with E-state index in [0.717, 1.165) is 33.2 Å². The van der Waals surface area contributed by atoms with Gasteiger partial charge in [-0.3, -0.25) is 0 Å². The number of aromatic carboxylic acids is 1. The SMILES string of the molecule is Cc1ccccc1Cn1c(C(=O)O)c(CNCc2ccccc2Cl)c2ccccc21. The van der Waals surface area contributed by atoms with Crippen LogP contribution in [-0.4, -0.2) is 15.6 Å². The molecule has 0 saturated carbocycles. The molecule has 1 aromatic heterocycles. The minimum absolute atomic E-state index is 0.325. The minimum atomic E-state index is -0.922. The van der Waals surface area contributed by atoms with Gasteiger partial charge in [-0.15, -0.1) is 0 Å². The Hall–Kier alpha value is -3.08. The molecule has 2 N–H and O–H groups in total. The summed E-state index contributed by atoms with van der Waals surface area (Å²) >= 11 is 6.25. The highest BCUT2D eigenvalue weighted by Gasteiger charge is 2.22. The molecule has 0 atom stereocenters. The lowest BCUT2D eigenvalue weighted by atomic mass is 10.1. The van der Waals surface area contributed by atoms with Crippen LogP contribution in [0.5, 0.6) is 0 Å². The Morgan fingerprint density at radius 2 is 1.60 bits per heavy atom. The Bertz CT molecular complexity index is 1210. The van der Waals surface area contributed by atoms with Crippen LogP contribution in [0.25, 0.3) is 10.9 Å². The van der Waals surface area contributed by atoms with Gasteiger partial charge in [-0.1, -0.05) is 72.3 Å². The number of fused-ring (bicyclic) bond motifs is 1. The zero-order chi connectivity index (χ0) is 21.1. The number of aryl methyl sites for hydroxylation is 1. The Morgan fingerprint density at radius 3 is 2.33 bits per heavy atom. The molecular formula is C25H23ClN2O2. The van der Waals surface area contributed by atoms with E-state index in [1.165, 1.54) is 0 Å². The van der Waals surface area contributed by atoms with Crippen LogP contribution in [0.1, 0.15) is 32.7 Å². The van der Waals surface area contributed by atoms with Gasteiger partial charge < -0.3 is 15.0 Å². The van der Waals surface area contributed by atoms with Gasteiger partial charge in [-0.05, 0) is 35.7 Å². The zero-order valence-corrected chi connectivity index (χ0v) is 17.5. The third-order valence-electron chi connectivity index (χ3n) is 5.44. The maximum Gasteiger partial charge on any atom is 0.352 e. The van der Waals surface area contributed by atoms with Gasteiger partial charge in [0.25, 0.3) is 0 Å². The molecule has 0 radical (unpaired) electrons. The van der Waals surface area contributed by atoms with E-state index in [4.69, 9.17) is 11.6 Å². The van der Waals surface area contributed by atoms with Crippen LogP contribution in [0.15, 0.2) is 72.8 Å². The molecule has 0 bridgehead atoms. The quantitative estimate of drug-likeness (QED) is 0.408. The molecule has 0 aliphatic heterocycles. The summed E-state index contributed by atoms with van der Waals surface area (Å²) in [4.78, 5) is 12.3. The second-order valence-electron chi connectivity index (χ2n) is 7.36. The standard InChI is InChI=1S/C25H23ClN2O2/c1-17-8-2-3-10-19(17)16-28-23-13-7-5-11-20(23)21(24(28)25(29)30)15-27-14-18-9-4-6-12-22(18)26/h2-13,27H,14-16H2,1H3,(H,29,30). The molecule has 4 nitrogen and oxygen atoms in total. The first-order valence-electron chi connectivity index (χ1n) is 9.88. The van der Waals surface area contributed by atoms with Crippen molar-refractivity contribution in [3.8, 4) is 0 Å². The molecule has 5 heteroatoms.